The fourth-order valence-corrected chi connectivity index (χ4v) is 5.90. The monoisotopic (exact) mass is 399 g/mol. The van der Waals surface area contributed by atoms with Gasteiger partial charge in [0.1, 0.15) is 4.90 Å². The molecule has 0 saturated carbocycles. The van der Waals surface area contributed by atoms with E-state index in [0.29, 0.717) is 11.5 Å². The average molecular weight is 400 g/mol. The number of H-pyrrole nitrogens is 1. The van der Waals surface area contributed by atoms with Crippen LogP contribution in [0.15, 0.2) is 57.3 Å². The van der Waals surface area contributed by atoms with Crippen LogP contribution in [0, 0.1) is 0 Å². The summed E-state index contributed by atoms with van der Waals surface area (Å²) in [5.74, 6) is 0.713. The number of benzene rings is 2. The second-order valence-electron chi connectivity index (χ2n) is 5.29. The number of ether oxygens (including phenoxy) is 2. The maximum Gasteiger partial charge on any atom is 0.278 e. The fourth-order valence-electron chi connectivity index (χ4n) is 2.69. The Bertz CT molecular complexity index is 1200. The van der Waals surface area contributed by atoms with Crippen LogP contribution in [0.3, 0.4) is 0 Å². The van der Waals surface area contributed by atoms with E-state index in [4.69, 9.17) is 20.2 Å². The Labute approximate surface area is 147 Å². The number of rotatable bonds is 3. The average Bonchev–Trinajstić information content (AvgIpc) is 3.16. The van der Waals surface area contributed by atoms with Crippen LogP contribution in [0.4, 0.5) is 0 Å². The Morgan fingerprint density at radius 2 is 1.60 bits per heavy atom. The van der Waals surface area contributed by atoms with E-state index in [1.165, 1.54) is 24.3 Å². The van der Waals surface area contributed by atoms with E-state index in [9.17, 15) is 16.8 Å². The second-order valence-corrected chi connectivity index (χ2v) is 9.68. The van der Waals surface area contributed by atoms with Crippen molar-refractivity contribution in [1.82, 2.24) is 4.98 Å². The van der Waals surface area contributed by atoms with Gasteiger partial charge in [-0.2, -0.15) is 0 Å². The topological polar surface area (TPSA) is 103 Å². The third-order valence-corrected chi connectivity index (χ3v) is 7.02. The summed E-state index contributed by atoms with van der Waals surface area (Å²) in [4.78, 5) is 2.11. The zero-order chi connectivity index (χ0) is 17.8. The quantitative estimate of drug-likeness (QED) is 0.679. The third kappa shape index (κ3) is 2.55. The highest BCUT2D eigenvalue weighted by molar-refractivity contribution is 8.14. The van der Waals surface area contributed by atoms with Crippen LogP contribution in [0.25, 0.3) is 10.9 Å². The molecule has 0 saturated heterocycles. The summed E-state index contributed by atoms with van der Waals surface area (Å²) in [6.45, 7) is 0.00334. The summed E-state index contributed by atoms with van der Waals surface area (Å²) in [6.07, 6.45) is 0. The molecule has 2 heterocycles. The van der Waals surface area contributed by atoms with Gasteiger partial charge in [-0.05, 0) is 18.2 Å². The van der Waals surface area contributed by atoms with Crippen molar-refractivity contribution in [2.75, 3.05) is 6.79 Å². The van der Waals surface area contributed by atoms with Gasteiger partial charge in [0, 0.05) is 22.1 Å². The van der Waals surface area contributed by atoms with Gasteiger partial charge in [0.15, 0.2) is 16.5 Å². The molecule has 130 valence electrons. The summed E-state index contributed by atoms with van der Waals surface area (Å²) in [5.41, 5.74) is 0.262. The molecule has 4 rings (SSSR count). The molecule has 0 radical (unpaired) electrons. The Balaban J connectivity index is 2.11. The molecular weight excluding hydrogens is 390 g/mol. The first-order valence-electron chi connectivity index (χ1n) is 6.98. The molecule has 0 aliphatic carbocycles. The molecule has 0 fully saturated rings. The standard InChI is InChI=1S/C15H10ClNO6S2/c16-25(20,21)15-14(24(18,19)9-4-2-1-3-5-9)10-6-12-13(23-8-22-12)7-11(10)17-15/h1-7,17H,8H2. The molecule has 1 N–H and O–H groups in total. The number of fused-ring (bicyclic) bond motifs is 2. The molecule has 25 heavy (non-hydrogen) atoms. The van der Waals surface area contributed by atoms with Gasteiger partial charge in [0.25, 0.3) is 9.05 Å². The SMILES string of the molecule is O=S(=O)(Cl)c1[nH]c2cc3c(cc2c1S(=O)(=O)c1ccccc1)OCO3. The predicted octanol–water partition coefficient (Wildman–Crippen LogP) is 2.66. The van der Waals surface area contributed by atoms with Crippen molar-refractivity contribution in [3.63, 3.8) is 0 Å². The minimum Gasteiger partial charge on any atom is -0.454 e. The molecule has 1 aliphatic rings. The minimum absolute atomic E-state index is 0.00334. The Morgan fingerprint density at radius 3 is 2.24 bits per heavy atom. The lowest BCUT2D eigenvalue weighted by molar-refractivity contribution is 0.174. The summed E-state index contributed by atoms with van der Waals surface area (Å²) in [6, 6.07) is 10.4. The Morgan fingerprint density at radius 1 is 0.960 bits per heavy atom. The molecule has 0 spiro atoms. The largest absolute Gasteiger partial charge is 0.454 e. The summed E-state index contributed by atoms with van der Waals surface area (Å²) >= 11 is 0. The molecule has 3 aromatic rings. The van der Waals surface area contributed by atoms with Crippen molar-refractivity contribution >= 4 is 40.5 Å². The van der Waals surface area contributed by atoms with Gasteiger partial charge in [-0.1, -0.05) is 18.2 Å². The van der Waals surface area contributed by atoms with Gasteiger partial charge < -0.3 is 14.5 Å². The summed E-state index contributed by atoms with van der Waals surface area (Å²) < 4.78 is 60.5. The number of nitrogens with one attached hydrogen (secondary N) is 1. The molecule has 7 nitrogen and oxygen atoms in total. The number of halogens is 1. The number of hydrogen-bond acceptors (Lipinski definition) is 6. The van der Waals surface area contributed by atoms with E-state index >= 15 is 0 Å². The number of aromatic nitrogens is 1. The second kappa shape index (κ2) is 5.38. The highest BCUT2D eigenvalue weighted by Gasteiger charge is 2.33. The highest BCUT2D eigenvalue weighted by Crippen LogP contribution is 2.42. The zero-order valence-electron chi connectivity index (χ0n) is 12.4. The Hall–Kier alpha value is -2.23. The smallest absolute Gasteiger partial charge is 0.278 e. The minimum atomic E-state index is -4.35. The molecule has 10 heteroatoms. The van der Waals surface area contributed by atoms with Crippen LogP contribution in [-0.4, -0.2) is 28.6 Å². The number of sulfone groups is 1. The molecule has 1 aliphatic heterocycles. The van der Waals surface area contributed by atoms with Gasteiger partial charge in [-0.15, -0.1) is 0 Å². The van der Waals surface area contributed by atoms with E-state index in [-0.39, 0.29) is 22.6 Å². The van der Waals surface area contributed by atoms with E-state index in [0.717, 1.165) is 0 Å². The van der Waals surface area contributed by atoms with Crippen molar-refractivity contribution in [2.24, 2.45) is 0 Å². The van der Waals surface area contributed by atoms with E-state index in [1.807, 2.05) is 0 Å². The first kappa shape index (κ1) is 16.2. The van der Waals surface area contributed by atoms with Crippen LogP contribution in [-0.2, 0) is 18.9 Å². The third-order valence-electron chi connectivity index (χ3n) is 3.78. The van der Waals surface area contributed by atoms with E-state index in [1.54, 1.807) is 18.2 Å². The van der Waals surface area contributed by atoms with Gasteiger partial charge in [-0.25, -0.2) is 16.8 Å². The van der Waals surface area contributed by atoms with Crippen molar-refractivity contribution in [2.45, 2.75) is 14.8 Å². The van der Waals surface area contributed by atoms with Gasteiger partial charge in [0.2, 0.25) is 16.6 Å². The van der Waals surface area contributed by atoms with Gasteiger partial charge in [-0.3, -0.25) is 0 Å². The lowest BCUT2D eigenvalue weighted by Crippen LogP contribution is -2.06. The zero-order valence-corrected chi connectivity index (χ0v) is 14.8. The normalized spacial score (nSPS) is 14.1. The predicted molar refractivity (Wildman–Crippen MR) is 89.4 cm³/mol. The molecule has 0 bridgehead atoms. The van der Waals surface area contributed by atoms with Crippen LogP contribution in [0.5, 0.6) is 11.5 Å². The van der Waals surface area contributed by atoms with Crippen molar-refractivity contribution < 1.29 is 26.3 Å². The molecule has 0 atom stereocenters. The molecule has 0 unspecified atom stereocenters. The Kier molecular flexibility index (Phi) is 3.50. The molecule has 0 amide bonds. The first-order chi connectivity index (χ1) is 11.8. The fraction of sp³-hybridized carbons (Fsp3) is 0.0667. The van der Waals surface area contributed by atoms with Crippen LogP contribution >= 0.6 is 10.7 Å². The number of aromatic amines is 1. The molecule has 2 aromatic carbocycles. The van der Waals surface area contributed by atoms with E-state index in [2.05, 4.69) is 4.98 Å². The van der Waals surface area contributed by atoms with Crippen LogP contribution < -0.4 is 9.47 Å². The first-order valence-corrected chi connectivity index (χ1v) is 10.8. The van der Waals surface area contributed by atoms with Crippen molar-refractivity contribution in [3.05, 3.63) is 42.5 Å². The van der Waals surface area contributed by atoms with Crippen LogP contribution in [0.1, 0.15) is 0 Å². The molecular formula is C15H10ClNO6S2. The van der Waals surface area contributed by atoms with Crippen molar-refractivity contribution in [1.29, 1.82) is 0 Å². The summed E-state index contributed by atoms with van der Waals surface area (Å²) in [5, 5.41) is -0.427. The summed E-state index contributed by atoms with van der Waals surface area (Å²) in [7, 11) is -3.02. The maximum atomic E-state index is 13.1. The number of hydrogen-bond donors (Lipinski definition) is 1. The van der Waals surface area contributed by atoms with E-state index < -0.39 is 28.8 Å². The molecule has 1 aromatic heterocycles. The van der Waals surface area contributed by atoms with Crippen molar-refractivity contribution in [3.8, 4) is 11.5 Å². The van der Waals surface area contributed by atoms with Gasteiger partial charge in [0.05, 0.1) is 10.4 Å². The highest BCUT2D eigenvalue weighted by atomic mass is 35.7. The van der Waals surface area contributed by atoms with Crippen LogP contribution in [0.2, 0.25) is 0 Å². The van der Waals surface area contributed by atoms with Gasteiger partial charge >= 0.3 is 0 Å². The lowest BCUT2D eigenvalue weighted by atomic mass is 10.2. The maximum absolute atomic E-state index is 13.1. The lowest BCUT2D eigenvalue weighted by Gasteiger charge is -2.05.